The van der Waals surface area contributed by atoms with E-state index in [9.17, 15) is 4.79 Å². The van der Waals surface area contributed by atoms with Crippen molar-refractivity contribution in [2.24, 2.45) is 0 Å². The van der Waals surface area contributed by atoms with E-state index in [0.717, 1.165) is 12.1 Å². The zero-order chi connectivity index (χ0) is 13.0. The number of aryl methyl sites for hydroxylation is 3. The summed E-state index contributed by atoms with van der Waals surface area (Å²) >= 11 is 0. The molecule has 0 fully saturated rings. The zero-order valence-corrected chi connectivity index (χ0v) is 10.7. The van der Waals surface area contributed by atoms with Crippen LogP contribution < -0.4 is 0 Å². The lowest BCUT2D eigenvalue weighted by Crippen LogP contribution is -2.15. The lowest BCUT2D eigenvalue weighted by molar-refractivity contribution is 0.0512. The van der Waals surface area contributed by atoms with Crippen LogP contribution in [-0.2, 0) is 17.8 Å². The Morgan fingerprint density at radius 1 is 1.39 bits per heavy atom. The third-order valence-corrected chi connectivity index (χ3v) is 2.76. The van der Waals surface area contributed by atoms with Gasteiger partial charge in [0.2, 0.25) is 0 Å². The molecule has 96 valence electrons. The first-order valence-electron chi connectivity index (χ1n) is 6.02. The maximum absolute atomic E-state index is 11.8. The summed E-state index contributed by atoms with van der Waals surface area (Å²) in [5.41, 5.74) is 1.57. The minimum atomic E-state index is -0.263. The molecule has 0 amide bonds. The molecular weight excluding hydrogens is 230 g/mol. The molecule has 0 radical (unpaired) electrons. The predicted octanol–water partition coefficient (Wildman–Crippen LogP) is 1.87. The molecule has 2 rings (SSSR count). The molecule has 0 unspecified atom stereocenters. The van der Waals surface area contributed by atoms with Gasteiger partial charge < -0.3 is 9.30 Å². The fourth-order valence-electron chi connectivity index (χ4n) is 1.89. The van der Waals surface area contributed by atoms with Gasteiger partial charge in [-0.1, -0.05) is 0 Å². The highest BCUT2D eigenvalue weighted by atomic mass is 16.5. The van der Waals surface area contributed by atoms with Crippen molar-refractivity contribution in [2.45, 2.75) is 26.9 Å². The zero-order valence-electron chi connectivity index (χ0n) is 10.7. The van der Waals surface area contributed by atoms with Gasteiger partial charge in [-0.05, 0) is 31.5 Å². The smallest absolute Gasteiger partial charge is 0.355 e. The summed E-state index contributed by atoms with van der Waals surface area (Å²) < 4.78 is 8.81. The number of rotatable bonds is 5. The van der Waals surface area contributed by atoms with E-state index in [0.29, 0.717) is 18.8 Å². The highest BCUT2D eigenvalue weighted by Crippen LogP contribution is 2.12. The third-order valence-electron chi connectivity index (χ3n) is 2.76. The molecule has 18 heavy (non-hydrogen) atoms. The summed E-state index contributed by atoms with van der Waals surface area (Å²) in [6.45, 7) is 5.54. The number of carbonyl (C=O) groups excluding carboxylic acids is 1. The number of ether oxygens (including phenoxy) is 1. The van der Waals surface area contributed by atoms with E-state index >= 15 is 0 Å². The van der Waals surface area contributed by atoms with Crippen molar-refractivity contribution >= 4 is 5.97 Å². The third kappa shape index (κ3) is 2.61. The van der Waals surface area contributed by atoms with Gasteiger partial charge in [-0.2, -0.15) is 5.10 Å². The van der Waals surface area contributed by atoms with Crippen molar-refractivity contribution in [3.63, 3.8) is 0 Å². The van der Waals surface area contributed by atoms with E-state index in [-0.39, 0.29) is 5.97 Å². The average molecular weight is 247 g/mol. The average Bonchev–Trinajstić information content (AvgIpc) is 2.96. The van der Waals surface area contributed by atoms with Crippen LogP contribution in [0.2, 0.25) is 0 Å². The number of esters is 1. The summed E-state index contributed by atoms with van der Waals surface area (Å²) in [6.07, 6.45) is 5.55. The predicted molar refractivity (Wildman–Crippen MR) is 67.4 cm³/mol. The van der Waals surface area contributed by atoms with E-state index < -0.39 is 0 Å². The van der Waals surface area contributed by atoms with Gasteiger partial charge in [-0.3, -0.25) is 4.68 Å². The standard InChI is InChI=1S/C13H17N3O2/c1-3-18-13(17)12-11(2)5-8-15(12)9-10-16-7-4-6-14-16/h4-8H,3,9-10H2,1-2H3. The first kappa shape index (κ1) is 12.4. The van der Waals surface area contributed by atoms with Crippen molar-refractivity contribution < 1.29 is 9.53 Å². The van der Waals surface area contributed by atoms with Crippen LogP contribution in [0.4, 0.5) is 0 Å². The summed E-state index contributed by atoms with van der Waals surface area (Å²) in [4.78, 5) is 11.8. The van der Waals surface area contributed by atoms with Gasteiger partial charge in [0.25, 0.3) is 0 Å². The molecule has 2 aromatic rings. The monoisotopic (exact) mass is 247 g/mol. The second kappa shape index (κ2) is 5.53. The number of nitrogens with zero attached hydrogens (tertiary/aromatic N) is 3. The molecule has 0 aliphatic heterocycles. The molecule has 2 heterocycles. The molecule has 5 heteroatoms. The Balaban J connectivity index is 2.10. The first-order valence-corrected chi connectivity index (χ1v) is 6.02. The SMILES string of the molecule is CCOC(=O)c1c(C)ccn1CCn1cccn1. The normalized spacial score (nSPS) is 10.6. The maximum atomic E-state index is 11.8. The Kier molecular flexibility index (Phi) is 3.82. The van der Waals surface area contributed by atoms with Gasteiger partial charge in [0, 0.05) is 25.1 Å². The number of hydrogen-bond donors (Lipinski definition) is 0. The molecule has 0 saturated heterocycles. The fraction of sp³-hybridized carbons (Fsp3) is 0.385. The Morgan fingerprint density at radius 2 is 2.22 bits per heavy atom. The molecule has 5 nitrogen and oxygen atoms in total. The molecule has 0 atom stereocenters. The summed E-state index contributed by atoms with van der Waals surface area (Å²) in [5.74, 6) is -0.263. The van der Waals surface area contributed by atoms with Gasteiger partial charge in [0.1, 0.15) is 5.69 Å². The van der Waals surface area contributed by atoms with Crippen LogP contribution in [0.5, 0.6) is 0 Å². The van der Waals surface area contributed by atoms with Crippen LogP contribution >= 0.6 is 0 Å². The van der Waals surface area contributed by atoms with Crippen molar-refractivity contribution in [1.82, 2.24) is 14.3 Å². The lowest BCUT2D eigenvalue weighted by Gasteiger charge is -2.09. The van der Waals surface area contributed by atoms with E-state index in [2.05, 4.69) is 5.10 Å². The van der Waals surface area contributed by atoms with Gasteiger partial charge in [0.15, 0.2) is 0 Å². The van der Waals surface area contributed by atoms with Crippen molar-refractivity contribution in [1.29, 1.82) is 0 Å². The van der Waals surface area contributed by atoms with Crippen molar-refractivity contribution in [2.75, 3.05) is 6.61 Å². The Morgan fingerprint density at radius 3 is 2.89 bits per heavy atom. The van der Waals surface area contributed by atoms with Gasteiger partial charge >= 0.3 is 5.97 Å². The van der Waals surface area contributed by atoms with E-state index in [1.54, 1.807) is 6.20 Å². The van der Waals surface area contributed by atoms with Crippen molar-refractivity contribution in [3.8, 4) is 0 Å². The van der Waals surface area contributed by atoms with Gasteiger partial charge in [-0.25, -0.2) is 4.79 Å². The molecular formula is C13H17N3O2. The fourth-order valence-corrected chi connectivity index (χ4v) is 1.89. The first-order chi connectivity index (χ1) is 8.72. The summed E-state index contributed by atoms with van der Waals surface area (Å²) in [5, 5.41) is 4.14. The topological polar surface area (TPSA) is 49.0 Å². The van der Waals surface area contributed by atoms with Gasteiger partial charge in [-0.15, -0.1) is 0 Å². The Bertz CT molecular complexity index is 514. The van der Waals surface area contributed by atoms with Crippen LogP contribution in [0.25, 0.3) is 0 Å². The van der Waals surface area contributed by atoms with Crippen LogP contribution in [-0.4, -0.2) is 26.9 Å². The van der Waals surface area contributed by atoms with Crippen LogP contribution in [0.1, 0.15) is 23.0 Å². The molecule has 0 aliphatic rings. The van der Waals surface area contributed by atoms with E-state index in [4.69, 9.17) is 4.74 Å². The van der Waals surface area contributed by atoms with Crippen molar-refractivity contribution in [3.05, 3.63) is 42.0 Å². The van der Waals surface area contributed by atoms with E-state index in [1.165, 1.54) is 0 Å². The number of aromatic nitrogens is 3. The number of hydrogen-bond acceptors (Lipinski definition) is 3. The maximum Gasteiger partial charge on any atom is 0.355 e. The minimum absolute atomic E-state index is 0.263. The second-order valence-corrected chi connectivity index (χ2v) is 4.03. The lowest BCUT2D eigenvalue weighted by atomic mass is 10.3. The summed E-state index contributed by atoms with van der Waals surface area (Å²) in [6, 6.07) is 3.81. The molecule has 0 bridgehead atoms. The molecule has 0 spiro atoms. The largest absolute Gasteiger partial charge is 0.461 e. The quantitative estimate of drug-likeness (QED) is 0.758. The molecule has 0 aliphatic carbocycles. The minimum Gasteiger partial charge on any atom is -0.461 e. The Labute approximate surface area is 106 Å². The molecule has 0 aromatic carbocycles. The Hall–Kier alpha value is -2.04. The molecule has 0 saturated carbocycles. The second-order valence-electron chi connectivity index (χ2n) is 4.03. The number of carbonyl (C=O) groups is 1. The van der Waals surface area contributed by atoms with Crippen LogP contribution in [0, 0.1) is 6.92 Å². The van der Waals surface area contributed by atoms with Crippen LogP contribution in [0.15, 0.2) is 30.7 Å². The molecule has 0 N–H and O–H groups in total. The molecule has 2 aromatic heterocycles. The summed E-state index contributed by atoms with van der Waals surface area (Å²) in [7, 11) is 0. The highest BCUT2D eigenvalue weighted by Gasteiger charge is 2.15. The van der Waals surface area contributed by atoms with Gasteiger partial charge in [0.05, 0.1) is 13.2 Å². The van der Waals surface area contributed by atoms with Crippen LogP contribution in [0.3, 0.4) is 0 Å². The highest BCUT2D eigenvalue weighted by molar-refractivity contribution is 5.89. The van der Waals surface area contributed by atoms with E-state index in [1.807, 2.05) is 47.6 Å².